The van der Waals surface area contributed by atoms with Gasteiger partial charge in [-0.2, -0.15) is 0 Å². The van der Waals surface area contributed by atoms with Crippen LogP contribution in [0.5, 0.6) is 0 Å². The molecule has 2 aromatic heterocycles. The second kappa shape index (κ2) is 6.66. The summed E-state index contributed by atoms with van der Waals surface area (Å²) in [4.78, 5) is 15.2. The minimum atomic E-state index is -0.334. The van der Waals surface area contributed by atoms with Crippen LogP contribution in [0.25, 0.3) is 10.9 Å². The number of aromatic nitrogens is 4. The Morgan fingerprint density at radius 1 is 1.28 bits per heavy atom. The van der Waals surface area contributed by atoms with E-state index >= 15 is 0 Å². The van der Waals surface area contributed by atoms with Gasteiger partial charge in [-0.3, -0.25) is 4.79 Å². The van der Waals surface area contributed by atoms with Crippen molar-refractivity contribution in [2.24, 2.45) is 0 Å². The van der Waals surface area contributed by atoms with Gasteiger partial charge < -0.3 is 14.9 Å². The van der Waals surface area contributed by atoms with Crippen LogP contribution in [0.3, 0.4) is 0 Å². The highest BCUT2D eigenvalue weighted by atomic mass is 19.1. The van der Waals surface area contributed by atoms with Crippen LogP contribution >= 0.6 is 0 Å². The summed E-state index contributed by atoms with van der Waals surface area (Å²) in [6.45, 7) is 1.42. The number of aryl methyl sites for hydroxylation is 1. The van der Waals surface area contributed by atoms with E-state index in [2.05, 4.69) is 25.1 Å². The molecule has 1 aliphatic heterocycles. The van der Waals surface area contributed by atoms with E-state index in [0.29, 0.717) is 29.6 Å². The van der Waals surface area contributed by atoms with E-state index in [-0.39, 0.29) is 11.7 Å². The zero-order valence-electron chi connectivity index (χ0n) is 13.9. The lowest BCUT2D eigenvalue weighted by molar-refractivity contribution is 0.0949. The van der Waals surface area contributed by atoms with Crippen molar-refractivity contribution < 1.29 is 9.18 Å². The molecule has 0 atom stereocenters. The van der Waals surface area contributed by atoms with Gasteiger partial charge in [0.25, 0.3) is 5.91 Å². The largest absolute Gasteiger partial charge is 0.350 e. The minimum absolute atomic E-state index is 0.244. The molecule has 0 bridgehead atoms. The molecule has 0 saturated heterocycles. The minimum Gasteiger partial charge on any atom is -0.350 e. The molecule has 1 amide bonds. The van der Waals surface area contributed by atoms with Gasteiger partial charge in [0.1, 0.15) is 23.2 Å². The molecule has 0 aliphatic carbocycles. The van der Waals surface area contributed by atoms with Crippen LogP contribution in [0, 0.1) is 5.82 Å². The Hall–Kier alpha value is -2.70. The molecule has 0 fully saturated rings. The first-order valence-electron chi connectivity index (χ1n) is 8.69. The maximum Gasteiger partial charge on any atom is 0.267 e. The maximum absolute atomic E-state index is 13.7. The Labute approximate surface area is 144 Å². The maximum atomic E-state index is 13.7. The summed E-state index contributed by atoms with van der Waals surface area (Å²) in [6.07, 6.45) is 5.13. The van der Waals surface area contributed by atoms with Crippen molar-refractivity contribution >= 4 is 16.8 Å². The summed E-state index contributed by atoms with van der Waals surface area (Å²) < 4.78 is 15.9. The second-order valence-electron chi connectivity index (χ2n) is 6.38. The molecule has 6 nitrogen and oxygen atoms in total. The van der Waals surface area contributed by atoms with Crippen LogP contribution in [0.1, 0.15) is 41.4 Å². The molecule has 1 aromatic carbocycles. The summed E-state index contributed by atoms with van der Waals surface area (Å²) in [5, 5.41) is 11.8. The molecule has 0 unspecified atom stereocenters. The van der Waals surface area contributed by atoms with E-state index in [9.17, 15) is 9.18 Å². The highest BCUT2D eigenvalue weighted by Gasteiger charge is 2.15. The second-order valence-corrected chi connectivity index (χ2v) is 6.38. The van der Waals surface area contributed by atoms with Gasteiger partial charge in [0.05, 0.1) is 0 Å². The van der Waals surface area contributed by atoms with Gasteiger partial charge in [0.15, 0.2) is 0 Å². The van der Waals surface area contributed by atoms with Crippen molar-refractivity contribution in [3.63, 3.8) is 0 Å². The third-order valence-corrected chi connectivity index (χ3v) is 4.68. The zero-order chi connectivity index (χ0) is 17.2. The van der Waals surface area contributed by atoms with E-state index in [1.165, 1.54) is 12.5 Å². The molecule has 4 rings (SSSR count). The van der Waals surface area contributed by atoms with Crippen LogP contribution in [0.2, 0.25) is 0 Å². The number of nitrogens with one attached hydrogen (secondary N) is 2. The number of carbonyl (C=O) groups is 1. The number of benzene rings is 1. The van der Waals surface area contributed by atoms with Gasteiger partial charge in [-0.15, -0.1) is 10.2 Å². The lowest BCUT2D eigenvalue weighted by Crippen LogP contribution is -2.26. The Kier molecular flexibility index (Phi) is 4.21. The number of carbonyl (C=O) groups excluding carboxylic acids is 1. The van der Waals surface area contributed by atoms with Crippen molar-refractivity contribution in [2.75, 3.05) is 6.54 Å². The van der Waals surface area contributed by atoms with E-state index < -0.39 is 0 Å². The predicted octanol–water partition coefficient (Wildman–Crippen LogP) is 2.60. The van der Waals surface area contributed by atoms with E-state index in [1.807, 2.05) is 0 Å². The van der Waals surface area contributed by atoms with Crippen LogP contribution in [-0.2, 0) is 19.4 Å². The number of fused-ring (bicyclic) bond motifs is 2. The van der Waals surface area contributed by atoms with E-state index in [4.69, 9.17) is 0 Å². The smallest absolute Gasteiger partial charge is 0.267 e. The highest BCUT2D eigenvalue weighted by molar-refractivity contribution is 5.98. The van der Waals surface area contributed by atoms with Gasteiger partial charge >= 0.3 is 0 Å². The number of amides is 1. The first kappa shape index (κ1) is 15.8. The SMILES string of the molecule is O=C(NCCc1nnc2n1CCCCC2)c1cc2c(F)cccc2[nH]1. The average molecular weight is 341 g/mol. The van der Waals surface area contributed by atoms with Crippen molar-refractivity contribution in [3.8, 4) is 0 Å². The fraction of sp³-hybridized carbons (Fsp3) is 0.389. The third kappa shape index (κ3) is 3.14. The zero-order valence-corrected chi connectivity index (χ0v) is 13.9. The van der Waals surface area contributed by atoms with Crippen molar-refractivity contribution in [1.82, 2.24) is 25.1 Å². The Bertz CT molecular complexity index is 913. The molecule has 130 valence electrons. The number of nitrogens with zero attached hydrogens (tertiary/aromatic N) is 3. The average Bonchev–Trinajstić information content (AvgIpc) is 3.13. The predicted molar refractivity (Wildman–Crippen MR) is 91.9 cm³/mol. The fourth-order valence-corrected chi connectivity index (χ4v) is 3.35. The van der Waals surface area contributed by atoms with Crippen LogP contribution in [0.4, 0.5) is 4.39 Å². The lowest BCUT2D eigenvalue weighted by atomic mass is 10.2. The Balaban J connectivity index is 1.40. The Morgan fingerprint density at radius 2 is 2.20 bits per heavy atom. The van der Waals surface area contributed by atoms with E-state index in [1.54, 1.807) is 18.2 Å². The Morgan fingerprint density at radius 3 is 3.08 bits per heavy atom. The highest BCUT2D eigenvalue weighted by Crippen LogP contribution is 2.18. The standard InChI is InChI=1S/C18H20FN5O/c19-13-5-4-6-14-12(13)11-15(21-14)18(25)20-9-8-17-23-22-16-7-2-1-3-10-24(16)17/h4-6,11,21H,1-3,7-10H2,(H,20,25). The van der Waals surface area contributed by atoms with Crippen LogP contribution < -0.4 is 5.32 Å². The number of halogens is 1. The quantitative estimate of drug-likeness (QED) is 0.766. The molecular formula is C18H20FN5O. The number of rotatable bonds is 4. The molecule has 1 aliphatic rings. The molecule has 7 heteroatoms. The van der Waals surface area contributed by atoms with Gasteiger partial charge in [-0.05, 0) is 31.0 Å². The third-order valence-electron chi connectivity index (χ3n) is 4.68. The molecule has 25 heavy (non-hydrogen) atoms. The molecule has 2 N–H and O–H groups in total. The number of aromatic amines is 1. The number of hydrogen-bond donors (Lipinski definition) is 2. The number of H-pyrrole nitrogens is 1. The van der Waals surface area contributed by atoms with Crippen molar-refractivity contribution in [1.29, 1.82) is 0 Å². The lowest BCUT2D eigenvalue weighted by Gasteiger charge is -2.07. The monoisotopic (exact) mass is 341 g/mol. The molecule has 0 saturated carbocycles. The fourth-order valence-electron chi connectivity index (χ4n) is 3.35. The summed E-state index contributed by atoms with van der Waals surface area (Å²) in [5.41, 5.74) is 0.980. The first-order chi connectivity index (χ1) is 12.2. The molecule has 3 heterocycles. The molecule has 0 spiro atoms. The van der Waals surface area contributed by atoms with E-state index in [0.717, 1.165) is 37.5 Å². The van der Waals surface area contributed by atoms with Crippen LogP contribution in [0.15, 0.2) is 24.3 Å². The van der Waals surface area contributed by atoms with Gasteiger partial charge in [0, 0.05) is 36.8 Å². The van der Waals surface area contributed by atoms with Gasteiger partial charge in [-0.25, -0.2) is 4.39 Å². The molecule has 3 aromatic rings. The van der Waals surface area contributed by atoms with Crippen LogP contribution in [-0.4, -0.2) is 32.2 Å². The summed E-state index contributed by atoms with van der Waals surface area (Å²) in [6, 6.07) is 6.30. The summed E-state index contributed by atoms with van der Waals surface area (Å²) in [5.74, 6) is 1.38. The summed E-state index contributed by atoms with van der Waals surface area (Å²) >= 11 is 0. The normalized spacial score (nSPS) is 14.3. The van der Waals surface area contributed by atoms with Gasteiger partial charge in [-0.1, -0.05) is 12.5 Å². The van der Waals surface area contributed by atoms with Crippen molar-refractivity contribution in [3.05, 3.63) is 47.4 Å². The molecular weight excluding hydrogens is 321 g/mol. The number of hydrogen-bond acceptors (Lipinski definition) is 3. The summed E-state index contributed by atoms with van der Waals surface area (Å²) in [7, 11) is 0. The first-order valence-corrected chi connectivity index (χ1v) is 8.69. The van der Waals surface area contributed by atoms with Crippen molar-refractivity contribution in [2.45, 2.75) is 38.6 Å². The topological polar surface area (TPSA) is 75.6 Å². The molecule has 0 radical (unpaired) electrons. The van der Waals surface area contributed by atoms with Gasteiger partial charge in [0.2, 0.25) is 0 Å².